The molecule has 7 nitrogen and oxygen atoms in total. The summed E-state index contributed by atoms with van der Waals surface area (Å²) in [5.74, 6) is -1.29. The van der Waals surface area contributed by atoms with Gasteiger partial charge in [-0.1, -0.05) is 0 Å². The van der Waals surface area contributed by atoms with E-state index in [4.69, 9.17) is 10.4 Å². The van der Waals surface area contributed by atoms with E-state index in [1.54, 1.807) is 0 Å². The predicted octanol–water partition coefficient (Wildman–Crippen LogP) is 1.25. The lowest BCUT2D eigenvalue weighted by Crippen LogP contribution is -2.44. The smallest absolute Gasteiger partial charge is 0.324 e. The van der Waals surface area contributed by atoms with Crippen molar-refractivity contribution in [2.24, 2.45) is 0 Å². The number of rotatable bonds is 8. The van der Waals surface area contributed by atoms with Crippen LogP contribution in [-0.2, 0) is 9.59 Å². The van der Waals surface area contributed by atoms with Crippen molar-refractivity contribution in [1.82, 2.24) is 10.2 Å². The van der Waals surface area contributed by atoms with Crippen molar-refractivity contribution in [3.8, 4) is 6.07 Å². The highest BCUT2D eigenvalue weighted by molar-refractivity contribution is 5.94. The van der Waals surface area contributed by atoms with Gasteiger partial charge in [0.1, 0.15) is 0 Å². The van der Waals surface area contributed by atoms with Crippen molar-refractivity contribution in [2.75, 3.05) is 6.54 Å². The third-order valence-corrected chi connectivity index (χ3v) is 3.00. The van der Waals surface area contributed by atoms with Gasteiger partial charge in [0.15, 0.2) is 0 Å². The first-order valence-corrected chi connectivity index (χ1v) is 6.73. The standard InChI is InChI=1S/C13H19N3O4/c14-8-3-9-16(10-6-7-10)13(20)15-11(17)4-1-2-5-12(18)19/h10H,1-7,9H2,(H,18,19)(H,15,17,20). The lowest BCUT2D eigenvalue weighted by atomic mass is 10.2. The molecule has 0 bridgehead atoms. The van der Waals surface area contributed by atoms with Crippen LogP contribution in [0.2, 0.25) is 0 Å². The summed E-state index contributed by atoms with van der Waals surface area (Å²) in [5.41, 5.74) is 0. The molecule has 0 unspecified atom stereocenters. The van der Waals surface area contributed by atoms with Crippen LogP contribution in [0.15, 0.2) is 0 Å². The fraction of sp³-hybridized carbons (Fsp3) is 0.692. The monoisotopic (exact) mass is 281 g/mol. The first-order valence-electron chi connectivity index (χ1n) is 6.73. The summed E-state index contributed by atoms with van der Waals surface area (Å²) >= 11 is 0. The zero-order valence-electron chi connectivity index (χ0n) is 11.3. The maximum absolute atomic E-state index is 11.9. The quantitative estimate of drug-likeness (QED) is 0.650. The van der Waals surface area contributed by atoms with Crippen LogP contribution in [0.3, 0.4) is 0 Å². The van der Waals surface area contributed by atoms with Gasteiger partial charge in [0.05, 0.1) is 12.5 Å². The molecular formula is C13H19N3O4. The van der Waals surface area contributed by atoms with Crippen molar-refractivity contribution in [2.45, 2.75) is 51.0 Å². The number of carbonyl (C=O) groups excluding carboxylic acids is 2. The Bertz CT molecular complexity index is 412. The van der Waals surface area contributed by atoms with E-state index in [0.717, 1.165) is 12.8 Å². The number of nitrogens with one attached hydrogen (secondary N) is 1. The predicted molar refractivity (Wildman–Crippen MR) is 69.6 cm³/mol. The van der Waals surface area contributed by atoms with Crippen LogP contribution >= 0.6 is 0 Å². The fourth-order valence-electron chi connectivity index (χ4n) is 1.82. The number of aliphatic carboxylic acids is 1. The Labute approximate surface area is 117 Å². The number of nitrogens with zero attached hydrogens (tertiary/aromatic N) is 2. The van der Waals surface area contributed by atoms with Crippen LogP contribution < -0.4 is 5.32 Å². The largest absolute Gasteiger partial charge is 0.481 e. The van der Waals surface area contributed by atoms with Crippen molar-refractivity contribution in [1.29, 1.82) is 5.26 Å². The molecule has 1 rings (SSSR count). The zero-order chi connectivity index (χ0) is 15.0. The highest BCUT2D eigenvalue weighted by atomic mass is 16.4. The molecule has 110 valence electrons. The Kier molecular flexibility index (Phi) is 6.50. The third-order valence-electron chi connectivity index (χ3n) is 3.00. The first kappa shape index (κ1) is 16.0. The minimum Gasteiger partial charge on any atom is -0.481 e. The van der Waals surface area contributed by atoms with Gasteiger partial charge in [0.2, 0.25) is 5.91 Å². The number of hydrogen-bond acceptors (Lipinski definition) is 4. The molecule has 0 atom stereocenters. The second kappa shape index (κ2) is 8.15. The molecule has 0 spiro atoms. The van der Waals surface area contributed by atoms with Crippen LogP contribution in [-0.4, -0.2) is 40.5 Å². The summed E-state index contributed by atoms with van der Waals surface area (Å²) in [5, 5.41) is 19.3. The van der Waals surface area contributed by atoms with Crippen LogP contribution in [0.1, 0.15) is 44.9 Å². The summed E-state index contributed by atoms with van der Waals surface area (Å²) in [6.45, 7) is 0.333. The van der Waals surface area contributed by atoms with E-state index >= 15 is 0 Å². The van der Waals surface area contributed by atoms with Gasteiger partial charge in [-0.3, -0.25) is 14.9 Å². The number of imide groups is 1. The topological polar surface area (TPSA) is 111 Å². The minimum absolute atomic E-state index is 0.0254. The fourth-order valence-corrected chi connectivity index (χ4v) is 1.82. The van der Waals surface area contributed by atoms with E-state index in [2.05, 4.69) is 5.32 Å². The van der Waals surface area contributed by atoms with E-state index in [1.807, 2.05) is 6.07 Å². The summed E-state index contributed by atoms with van der Waals surface area (Å²) < 4.78 is 0. The number of amides is 3. The van der Waals surface area contributed by atoms with Crippen LogP contribution in [0.5, 0.6) is 0 Å². The third kappa shape index (κ3) is 6.18. The molecule has 0 radical (unpaired) electrons. The molecule has 0 aliphatic heterocycles. The normalized spacial score (nSPS) is 13.3. The highest BCUT2D eigenvalue weighted by Crippen LogP contribution is 2.26. The molecule has 2 N–H and O–H groups in total. The average Bonchev–Trinajstić information content (AvgIpc) is 3.19. The van der Waals surface area contributed by atoms with Gasteiger partial charge in [0.25, 0.3) is 0 Å². The van der Waals surface area contributed by atoms with Gasteiger partial charge in [-0.15, -0.1) is 0 Å². The zero-order valence-corrected chi connectivity index (χ0v) is 11.3. The van der Waals surface area contributed by atoms with Gasteiger partial charge in [0, 0.05) is 25.4 Å². The van der Waals surface area contributed by atoms with Gasteiger partial charge >= 0.3 is 12.0 Å². The van der Waals surface area contributed by atoms with Crippen molar-refractivity contribution >= 4 is 17.9 Å². The molecule has 1 fully saturated rings. The summed E-state index contributed by atoms with van der Waals surface area (Å²) in [6, 6.07) is 1.67. The van der Waals surface area contributed by atoms with Crippen molar-refractivity contribution in [3.63, 3.8) is 0 Å². The van der Waals surface area contributed by atoms with E-state index in [-0.39, 0.29) is 25.3 Å². The SMILES string of the molecule is N#CCCN(C(=O)NC(=O)CCCCC(=O)O)C1CC1. The highest BCUT2D eigenvalue weighted by Gasteiger charge is 2.32. The maximum Gasteiger partial charge on any atom is 0.324 e. The Balaban J connectivity index is 2.26. The number of nitriles is 1. The van der Waals surface area contributed by atoms with E-state index < -0.39 is 17.9 Å². The molecule has 0 heterocycles. The average molecular weight is 281 g/mol. The molecular weight excluding hydrogens is 262 g/mol. The molecule has 0 aromatic heterocycles. The molecule has 7 heteroatoms. The number of hydrogen-bond donors (Lipinski definition) is 2. The molecule has 0 aromatic rings. The second-order valence-electron chi connectivity index (χ2n) is 4.79. The second-order valence-corrected chi connectivity index (χ2v) is 4.79. The lowest BCUT2D eigenvalue weighted by molar-refractivity contribution is -0.137. The Morgan fingerprint density at radius 3 is 2.45 bits per heavy atom. The number of carboxylic acid groups (broad SMARTS) is 1. The minimum atomic E-state index is -0.891. The number of unbranched alkanes of at least 4 members (excludes halogenated alkanes) is 1. The molecule has 1 aliphatic carbocycles. The Morgan fingerprint density at radius 2 is 1.90 bits per heavy atom. The summed E-state index contributed by atoms with van der Waals surface area (Å²) in [4.78, 5) is 35.3. The Morgan fingerprint density at radius 1 is 1.25 bits per heavy atom. The van der Waals surface area contributed by atoms with E-state index in [9.17, 15) is 14.4 Å². The van der Waals surface area contributed by atoms with Crippen LogP contribution in [0.4, 0.5) is 4.79 Å². The van der Waals surface area contributed by atoms with Gasteiger partial charge in [-0.25, -0.2) is 4.79 Å². The van der Waals surface area contributed by atoms with Crippen molar-refractivity contribution in [3.05, 3.63) is 0 Å². The van der Waals surface area contributed by atoms with Gasteiger partial charge in [-0.05, 0) is 25.7 Å². The maximum atomic E-state index is 11.9. The van der Waals surface area contributed by atoms with Gasteiger partial charge in [-0.2, -0.15) is 5.26 Å². The molecule has 1 saturated carbocycles. The molecule has 0 saturated heterocycles. The molecule has 1 aliphatic rings. The van der Waals surface area contributed by atoms with E-state index in [1.165, 1.54) is 4.90 Å². The lowest BCUT2D eigenvalue weighted by Gasteiger charge is -2.20. The summed E-state index contributed by atoms with van der Waals surface area (Å²) in [7, 11) is 0. The summed E-state index contributed by atoms with van der Waals surface area (Å²) in [6.07, 6.45) is 3.08. The molecule has 20 heavy (non-hydrogen) atoms. The van der Waals surface area contributed by atoms with Gasteiger partial charge < -0.3 is 10.0 Å². The molecule has 0 aromatic carbocycles. The number of urea groups is 1. The van der Waals surface area contributed by atoms with Crippen LogP contribution in [0.25, 0.3) is 0 Å². The van der Waals surface area contributed by atoms with Crippen molar-refractivity contribution < 1.29 is 19.5 Å². The number of carbonyl (C=O) groups is 3. The first-order chi connectivity index (χ1) is 9.54. The molecule has 3 amide bonds. The van der Waals surface area contributed by atoms with E-state index in [0.29, 0.717) is 19.4 Å². The Hall–Kier alpha value is -2.10. The number of carboxylic acids is 1. The van der Waals surface area contributed by atoms with Crippen LogP contribution in [0, 0.1) is 11.3 Å².